The fraction of sp³-hybridized carbons (Fsp3) is 0.200. The van der Waals surface area contributed by atoms with Gasteiger partial charge in [0.1, 0.15) is 11.5 Å². The van der Waals surface area contributed by atoms with Crippen LogP contribution in [0.25, 0.3) is 0 Å². The number of ether oxygens (including phenoxy) is 2. The van der Waals surface area contributed by atoms with Crippen LogP contribution >= 0.6 is 15.9 Å². The van der Waals surface area contributed by atoms with E-state index in [-0.39, 0.29) is 0 Å². The van der Waals surface area contributed by atoms with Crippen LogP contribution < -0.4 is 20.5 Å². The first-order chi connectivity index (χ1) is 9.65. The Labute approximate surface area is 127 Å². The summed E-state index contributed by atoms with van der Waals surface area (Å²) in [6.45, 7) is 2.51. The number of rotatable bonds is 5. The van der Waals surface area contributed by atoms with Gasteiger partial charge in [-0.25, -0.2) is 0 Å². The lowest BCUT2D eigenvalue weighted by molar-refractivity contribution is 0.342. The quantitative estimate of drug-likeness (QED) is 0.804. The topological polar surface area (TPSA) is 56.5 Å². The number of hydrogen-bond acceptors (Lipinski definition) is 4. The van der Waals surface area contributed by atoms with Crippen LogP contribution in [-0.4, -0.2) is 13.7 Å². The summed E-state index contributed by atoms with van der Waals surface area (Å²) in [5.74, 6) is 1.44. The summed E-state index contributed by atoms with van der Waals surface area (Å²) in [7, 11) is 1.63. The van der Waals surface area contributed by atoms with Gasteiger partial charge in [-0.2, -0.15) is 0 Å². The number of nitrogens with one attached hydrogen (secondary N) is 1. The van der Waals surface area contributed by atoms with Gasteiger partial charge in [0.2, 0.25) is 0 Å². The van der Waals surface area contributed by atoms with E-state index in [0.717, 1.165) is 21.6 Å². The van der Waals surface area contributed by atoms with Crippen molar-refractivity contribution in [2.24, 2.45) is 0 Å². The van der Waals surface area contributed by atoms with Crippen molar-refractivity contribution < 1.29 is 9.47 Å². The van der Waals surface area contributed by atoms with Gasteiger partial charge in [-0.3, -0.25) is 0 Å². The molecule has 5 heteroatoms. The van der Waals surface area contributed by atoms with E-state index in [1.807, 2.05) is 43.3 Å². The summed E-state index contributed by atoms with van der Waals surface area (Å²) >= 11 is 3.43. The number of hydrogen-bond donors (Lipinski definition) is 2. The SMILES string of the molecule is CCOc1cccc(Nc2ccc(Br)c(OC)c2)c1N. The number of para-hydroxylation sites is 1. The zero-order valence-corrected chi connectivity index (χ0v) is 13.0. The van der Waals surface area contributed by atoms with E-state index in [9.17, 15) is 0 Å². The number of nitrogen functional groups attached to an aromatic ring is 1. The Morgan fingerprint density at radius 2 is 2.00 bits per heavy atom. The second-order valence-electron chi connectivity index (χ2n) is 4.12. The molecule has 0 saturated heterocycles. The van der Waals surface area contributed by atoms with Gasteiger partial charge in [0.25, 0.3) is 0 Å². The molecule has 4 nitrogen and oxygen atoms in total. The van der Waals surface area contributed by atoms with Crippen molar-refractivity contribution in [1.29, 1.82) is 0 Å². The maximum atomic E-state index is 6.09. The van der Waals surface area contributed by atoms with E-state index in [1.54, 1.807) is 7.11 Å². The smallest absolute Gasteiger partial charge is 0.144 e. The minimum absolute atomic E-state index is 0.583. The second-order valence-corrected chi connectivity index (χ2v) is 4.98. The fourth-order valence-electron chi connectivity index (χ4n) is 1.83. The molecule has 2 aromatic carbocycles. The highest BCUT2D eigenvalue weighted by Crippen LogP contribution is 2.34. The normalized spacial score (nSPS) is 10.2. The van der Waals surface area contributed by atoms with Crippen molar-refractivity contribution in [2.45, 2.75) is 6.92 Å². The molecule has 20 heavy (non-hydrogen) atoms. The largest absolute Gasteiger partial charge is 0.495 e. The standard InChI is InChI=1S/C15H17BrN2O2/c1-3-20-13-6-4-5-12(15(13)17)18-10-7-8-11(16)14(9-10)19-2/h4-9,18H,3,17H2,1-2H3. The van der Waals surface area contributed by atoms with E-state index < -0.39 is 0 Å². The summed E-state index contributed by atoms with van der Waals surface area (Å²) in [6, 6.07) is 11.4. The summed E-state index contributed by atoms with van der Waals surface area (Å²) in [6.07, 6.45) is 0. The summed E-state index contributed by atoms with van der Waals surface area (Å²) in [4.78, 5) is 0. The Morgan fingerprint density at radius 1 is 1.20 bits per heavy atom. The minimum Gasteiger partial charge on any atom is -0.495 e. The van der Waals surface area contributed by atoms with Crippen molar-refractivity contribution in [1.82, 2.24) is 0 Å². The molecule has 0 aliphatic heterocycles. The lowest BCUT2D eigenvalue weighted by atomic mass is 10.2. The number of nitrogens with two attached hydrogens (primary N) is 1. The van der Waals surface area contributed by atoms with E-state index in [2.05, 4.69) is 21.2 Å². The lowest BCUT2D eigenvalue weighted by Crippen LogP contribution is -2.01. The molecule has 0 aromatic heterocycles. The zero-order valence-electron chi connectivity index (χ0n) is 11.4. The average Bonchev–Trinajstić information content (AvgIpc) is 2.45. The van der Waals surface area contributed by atoms with Gasteiger partial charge in [-0.1, -0.05) is 6.07 Å². The maximum absolute atomic E-state index is 6.09. The molecule has 0 heterocycles. The van der Waals surface area contributed by atoms with Crippen LogP contribution in [0.15, 0.2) is 40.9 Å². The molecule has 0 amide bonds. The van der Waals surface area contributed by atoms with Gasteiger partial charge in [0.15, 0.2) is 0 Å². The highest BCUT2D eigenvalue weighted by Gasteiger charge is 2.07. The monoisotopic (exact) mass is 336 g/mol. The van der Waals surface area contributed by atoms with Crippen molar-refractivity contribution in [3.05, 3.63) is 40.9 Å². The Hall–Kier alpha value is -1.88. The van der Waals surface area contributed by atoms with Crippen LogP contribution in [0, 0.1) is 0 Å². The van der Waals surface area contributed by atoms with Gasteiger partial charge < -0.3 is 20.5 Å². The molecule has 0 unspecified atom stereocenters. The molecule has 106 valence electrons. The summed E-state index contributed by atoms with van der Waals surface area (Å²) in [5.41, 5.74) is 8.38. The van der Waals surface area contributed by atoms with Gasteiger partial charge >= 0.3 is 0 Å². The molecular weight excluding hydrogens is 320 g/mol. The first kappa shape index (κ1) is 14.5. The first-order valence-electron chi connectivity index (χ1n) is 6.27. The van der Waals surface area contributed by atoms with E-state index in [0.29, 0.717) is 18.0 Å². The number of anilines is 3. The van der Waals surface area contributed by atoms with Gasteiger partial charge in [0, 0.05) is 11.8 Å². The number of methoxy groups -OCH3 is 1. The maximum Gasteiger partial charge on any atom is 0.144 e. The molecule has 0 aliphatic carbocycles. The molecule has 2 rings (SSSR count). The van der Waals surface area contributed by atoms with Gasteiger partial charge in [-0.15, -0.1) is 0 Å². The van der Waals surface area contributed by atoms with Crippen LogP contribution in [0.1, 0.15) is 6.92 Å². The summed E-state index contributed by atoms with van der Waals surface area (Å²) in [5, 5.41) is 3.27. The minimum atomic E-state index is 0.583. The van der Waals surface area contributed by atoms with Gasteiger partial charge in [0.05, 0.1) is 29.6 Å². The molecule has 0 fully saturated rings. The molecule has 0 atom stereocenters. The van der Waals surface area contributed by atoms with Crippen LogP contribution in [-0.2, 0) is 0 Å². The molecular formula is C15H17BrN2O2. The third-order valence-corrected chi connectivity index (χ3v) is 3.45. The number of halogens is 1. The second kappa shape index (κ2) is 6.52. The third kappa shape index (κ3) is 3.17. The Morgan fingerprint density at radius 3 is 2.70 bits per heavy atom. The predicted octanol–water partition coefficient (Wildman–Crippen LogP) is 4.18. The van der Waals surface area contributed by atoms with E-state index in [4.69, 9.17) is 15.2 Å². The van der Waals surface area contributed by atoms with Crippen molar-refractivity contribution in [3.63, 3.8) is 0 Å². The van der Waals surface area contributed by atoms with Gasteiger partial charge in [-0.05, 0) is 47.1 Å². The zero-order chi connectivity index (χ0) is 14.5. The molecule has 0 bridgehead atoms. The van der Waals surface area contributed by atoms with Crippen molar-refractivity contribution in [2.75, 3.05) is 24.8 Å². The predicted molar refractivity (Wildman–Crippen MR) is 86.0 cm³/mol. The van der Waals surface area contributed by atoms with Crippen molar-refractivity contribution >= 4 is 33.0 Å². The molecule has 0 spiro atoms. The molecule has 0 aliphatic rings. The Bertz CT molecular complexity index is 602. The molecule has 2 aromatic rings. The average molecular weight is 337 g/mol. The molecule has 0 saturated carbocycles. The van der Waals surface area contributed by atoms with Crippen molar-refractivity contribution in [3.8, 4) is 11.5 Å². The first-order valence-corrected chi connectivity index (χ1v) is 7.06. The molecule has 0 radical (unpaired) electrons. The van der Waals surface area contributed by atoms with E-state index >= 15 is 0 Å². The van der Waals surface area contributed by atoms with Crippen LogP contribution in [0.2, 0.25) is 0 Å². The summed E-state index contributed by atoms with van der Waals surface area (Å²) < 4.78 is 11.7. The van der Waals surface area contributed by atoms with Crippen LogP contribution in [0.3, 0.4) is 0 Å². The lowest BCUT2D eigenvalue weighted by Gasteiger charge is -2.14. The number of benzene rings is 2. The Kier molecular flexibility index (Phi) is 4.74. The fourth-order valence-corrected chi connectivity index (χ4v) is 2.24. The highest BCUT2D eigenvalue weighted by atomic mass is 79.9. The Balaban J connectivity index is 2.28. The van der Waals surface area contributed by atoms with E-state index in [1.165, 1.54) is 0 Å². The third-order valence-electron chi connectivity index (χ3n) is 2.80. The highest BCUT2D eigenvalue weighted by molar-refractivity contribution is 9.10. The van der Waals surface area contributed by atoms with Crippen LogP contribution in [0.4, 0.5) is 17.1 Å². The van der Waals surface area contributed by atoms with Crippen LogP contribution in [0.5, 0.6) is 11.5 Å². The molecule has 3 N–H and O–H groups in total.